The van der Waals surface area contributed by atoms with Crippen LogP contribution in [0.1, 0.15) is 0 Å². The zero-order valence-corrected chi connectivity index (χ0v) is 10.8. The average molecular weight is 267 g/mol. The Morgan fingerprint density at radius 2 is 1.89 bits per heavy atom. The lowest BCUT2D eigenvalue weighted by Crippen LogP contribution is -2.35. The second kappa shape index (κ2) is 7.34. The SMILES string of the molecule is COC(=O)Nc1cccc(NC(=O)C(CN)OC)c1. The molecule has 7 heteroatoms. The predicted octanol–water partition coefficient (Wildman–Crippen LogP) is 0.777. The highest BCUT2D eigenvalue weighted by molar-refractivity contribution is 5.95. The highest BCUT2D eigenvalue weighted by Crippen LogP contribution is 2.15. The maximum absolute atomic E-state index is 11.7. The lowest BCUT2D eigenvalue weighted by atomic mass is 10.2. The summed E-state index contributed by atoms with van der Waals surface area (Å²) < 4.78 is 9.39. The van der Waals surface area contributed by atoms with Gasteiger partial charge in [0.05, 0.1) is 7.11 Å². The van der Waals surface area contributed by atoms with E-state index in [1.807, 2.05) is 0 Å². The van der Waals surface area contributed by atoms with Crippen LogP contribution < -0.4 is 16.4 Å². The Balaban J connectivity index is 2.71. The van der Waals surface area contributed by atoms with Crippen LogP contribution in [0.4, 0.5) is 16.2 Å². The molecule has 7 nitrogen and oxygen atoms in total. The Morgan fingerprint density at radius 3 is 2.42 bits per heavy atom. The van der Waals surface area contributed by atoms with Crippen molar-refractivity contribution in [3.63, 3.8) is 0 Å². The number of anilines is 2. The summed E-state index contributed by atoms with van der Waals surface area (Å²) in [4.78, 5) is 22.8. The Labute approximate surface area is 111 Å². The normalized spacial score (nSPS) is 11.5. The molecule has 0 saturated heterocycles. The standard InChI is InChI=1S/C12H17N3O4/c1-18-10(7-13)11(16)14-8-4-3-5-9(6-8)15-12(17)19-2/h3-6,10H,7,13H2,1-2H3,(H,14,16)(H,15,17). The molecule has 1 atom stereocenters. The van der Waals surface area contributed by atoms with Gasteiger partial charge in [-0.15, -0.1) is 0 Å². The zero-order valence-electron chi connectivity index (χ0n) is 10.8. The van der Waals surface area contributed by atoms with E-state index in [4.69, 9.17) is 10.5 Å². The molecule has 1 aromatic rings. The average Bonchev–Trinajstić information content (AvgIpc) is 2.40. The molecule has 0 spiro atoms. The number of benzene rings is 1. The van der Waals surface area contributed by atoms with Crippen LogP contribution in [0.25, 0.3) is 0 Å². The van der Waals surface area contributed by atoms with Gasteiger partial charge in [-0.2, -0.15) is 0 Å². The van der Waals surface area contributed by atoms with Gasteiger partial charge in [0.15, 0.2) is 0 Å². The molecule has 0 saturated carbocycles. The summed E-state index contributed by atoms with van der Waals surface area (Å²) in [7, 11) is 2.68. The quantitative estimate of drug-likeness (QED) is 0.731. The van der Waals surface area contributed by atoms with Gasteiger partial charge in [-0.3, -0.25) is 10.1 Å². The summed E-state index contributed by atoms with van der Waals surface area (Å²) >= 11 is 0. The number of carbonyl (C=O) groups excluding carboxylic acids is 2. The molecule has 0 aromatic heterocycles. The van der Waals surface area contributed by atoms with Gasteiger partial charge in [0.25, 0.3) is 5.91 Å². The Kier molecular flexibility index (Phi) is 5.77. The van der Waals surface area contributed by atoms with Crippen molar-refractivity contribution in [2.24, 2.45) is 5.73 Å². The number of hydrogen-bond acceptors (Lipinski definition) is 5. The van der Waals surface area contributed by atoms with E-state index in [0.29, 0.717) is 11.4 Å². The van der Waals surface area contributed by atoms with Crippen LogP contribution in [0.2, 0.25) is 0 Å². The van der Waals surface area contributed by atoms with E-state index in [-0.39, 0.29) is 12.5 Å². The fourth-order valence-electron chi connectivity index (χ4n) is 1.38. The van der Waals surface area contributed by atoms with Crippen molar-refractivity contribution >= 4 is 23.4 Å². The van der Waals surface area contributed by atoms with E-state index in [9.17, 15) is 9.59 Å². The Hall–Kier alpha value is -2.12. The van der Waals surface area contributed by atoms with Gasteiger partial charge >= 0.3 is 6.09 Å². The summed E-state index contributed by atoms with van der Waals surface area (Å²) in [5, 5.41) is 5.13. The van der Waals surface area contributed by atoms with E-state index in [0.717, 1.165) is 0 Å². The van der Waals surface area contributed by atoms with Crippen molar-refractivity contribution in [3.05, 3.63) is 24.3 Å². The monoisotopic (exact) mass is 267 g/mol. The largest absolute Gasteiger partial charge is 0.453 e. The topological polar surface area (TPSA) is 103 Å². The van der Waals surface area contributed by atoms with Gasteiger partial charge in [-0.1, -0.05) is 6.07 Å². The molecule has 0 fully saturated rings. The third-order valence-corrected chi connectivity index (χ3v) is 2.35. The van der Waals surface area contributed by atoms with Crippen molar-refractivity contribution in [1.29, 1.82) is 0 Å². The van der Waals surface area contributed by atoms with Gasteiger partial charge < -0.3 is 20.5 Å². The van der Waals surface area contributed by atoms with E-state index >= 15 is 0 Å². The van der Waals surface area contributed by atoms with Crippen molar-refractivity contribution in [1.82, 2.24) is 0 Å². The summed E-state index contributed by atoms with van der Waals surface area (Å²) in [6, 6.07) is 6.64. The van der Waals surface area contributed by atoms with Gasteiger partial charge in [0.2, 0.25) is 0 Å². The molecule has 104 valence electrons. The fourth-order valence-corrected chi connectivity index (χ4v) is 1.38. The molecule has 4 N–H and O–H groups in total. The highest BCUT2D eigenvalue weighted by atomic mass is 16.5. The van der Waals surface area contributed by atoms with Crippen molar-refractivity contribution in [2.75, 3.05) is 31.4 Å². The Morgan fingerprint density at radius 1 is 1.26 bits per heavy atom. The number of hydrogen-bond donors (Lipinski definition) is 3. The molecule has 0 aliphatic rings. The number of amides is 2. The first-order chi connectivity index (χ1) is 9.10. The van der Waals surface area contributed by atoms with Crippen LogP contribution in [0.5, 0.6) is 0 Å². The van der Waals surface area contributed by atoms with Gasteiger partial charge in [0.1, 0.15) is 6.10 Å². The van der Waals surface area contributed by atoms with Crippen LogP contribution in [0.15, 0.2) is 24.3 Å². The van der Waals surface area contributed by atoms with Gasteiger partial charge in [0, 0.05) is 25.0 Å². The molecule has 0 radical (unpaired) electrons. The number of rotatable bonds is 5. The van der Waals surface area contributed by atoms with Crippen molar-refractivity contribution in [3.8, 4) is 0 Å². The minimum Gasteiger partial charge on any atom is -0.453 e. The molecule has 0 aliphatic carbocycles. The maximum Gasteiger partial charge on any atom is 0.411 e. The van der Waals surface area contributed by atoms with E-state index < -0.39 is 12.2 Å². The van der Waals surface area contributed by atoms with E-state index in [1.54, 1.807) is 24.3 Å². The molecule has 1 unspecified atom stereocenters. The van der Waals surface area contributed by atoms with Crippen LogP contribution >= 0.6 is 0 Å². The first kappa shape index (κ1) is 14.9. The van der Waals surface area contributed by atoms with E-state index in [2.05, 4.69) is 15.4 Å². The summed E-state index contributed by atoms with van der Waals surface area (Å²) in [6.45, 7) is 0.0857. The molecular formula is C12H17N3O4. The first-order valence-electron chi connectivity index (χ1n) is 5.59. The molecule has 0 bridgehead atoms. The molecular weight excluding hydrogens is 250 g/mol. The first-order valence-corrected chi connectivity index (χ1v) is 5.59. The summed E-state index contributed by atoms with van der Waals surface area (Å²) in [5.74, 6) is -0.347. The number of nitrogens with two attached hydrogens (primary N) is 1. The smallest absolute Gasteiger partial charge is 0.411 e. The third-order valence-electron chi connectivity index (χ3n) is 2.35. The summed E-state index contributed by atoms with van der Waals surface area (Å²) in [6.07, 6.45) is -1.29. The van der Waals surface area contributed by atoms with Crippen molar-refractivity contribution in [2.45, 2.75) is 6.10 Å². The van der Waals surface area contributed by atoms with Gasteiger partial charge in [-0.05, 0) is 18.2 Å². The summed E-state index contributed by atoms with van der Waals surface area (Å²) in [5.41, 5.74) is 6.42. The zero-order chi connectivity index (χ0) is 14.3. The van der Waals surface area contributed by atoms with Crippen LogP contribution in [-0.2, 0) is 14.3 Å². The van der Waals surface area contributed by atoms with Crippen LogP contribution in [0.3, 0.4) is 0 Å². The number of nitrogens with one attached hydrogen (secondary N) is 2. The maximum atomic E-state index is 11.7. The minimum absolute atomic E-state index is 0.0857. The molecule has 0 heterocycles. The lowest BCUT2D eigenvalue weighted by Gasteiger charge is -2.13. The van der Waals surface area contributed by atoms with Gasteiger partial charge in [-0.25, -0.2) is 4.79 Å². The highest BCUT2D eigenvalue weighted by Gasteiger charge is 2.15. The second-order valence-electron chi connectivity index (χ2n) is 3.65. The number of ether oxygens (including phenoxy) is 2. The third kappa shape index (κ3) is 4.57. The molecule has 1 rings (SSSR count). The number of carbonyl (C=O) groups is 2. The lowest BCUT2D eigenvalue weighted by molar-refractivity contribution is -0.125. The second-order valence-corrected chi connectivity index (χ2v) is 3.65. The van der Waals surface area contributed by atoms with Crippen LogP contribution in [-0.4, -0.2) is 38.9 Å². The predicted molar refractivity (Wildman–Crippen MR) is 71.0 cm³/mol. The molecule has 1 aromatic carbocycles. The van der Waals surface area contributed by atoms with Crippen LogP contribution in [0, 0.1) is 0 Å². The minimum atomic E-state index is -0.711. The fraction of sp³-hybridized carbons (Fsp3) is 0.333. The van der Waals surface area contributed by atoms with Crippen molar-refractivity contribution < 1.29 is 19.1 Å². The number of methoxy groups -OCH3 is 2. The molecule has 19 heavy (non-hydrogen) atoms. The Bertz CT molecular complexity index is 446. The van der Waals surface area contributed by atoms with E-state index in [1.165, 1.54) is 14.2 Å². The molecule has 0 aliphatic heterocycles. The molecule has 2 amide bonds.